The van der Waals surface area contributed by atoms with Crippen molar-refractivity contribution in [2.45, 2.75) is 0 Å². The summed E-state index contributed by atoms with van der Waals surface area (Å²) in [5, 5.41) is 2.62. The Morgan fingerprint density at radius 1 is 0.524 bits per heavy atom. The van der Waals surface area contributed by atoms with Gasteiger partial charge in [-0.15, -0.1) is 0 Å². The molecule has 0 aliphatic heterocycles. The van der Waals surface area contributed by atoms with Crippen LogP contribution in [0.4, 0.5) is 0 Å². The molecule has 3 aromatic rings. The van der Waals surface area contributed by atoms with Crippen molar-refractivity contribution in [1.82, 2.24) is 0 Å². The van der Waals surface area contributed by atoms with E-state index in [2.05, 4.69) is 0 Å². The van der Waals surface area contributed by atoms with Crippen molar-refractivity contribution in [3.8, 4) is 0 Å². The summed E-state index contributed by atoms with van der Waals surface area (Å²) in [5.41, 5.74) is 0. The van der Waals surface area contributed by atoms with Crippen LogP contribution in [0.1, 0.15) is 1.43 Å². The van der Waals surface area contributed by atoms with Crippen LogP contribution in [0, 0.1) is 0 Å². The topological polar surface area (TPSA) is 17.1 Å². The summed E-state index contributed by atoms with van der Waals surface area (Å²) in [6, 6.07) is 29.1. The van der Waals surface area contributed by atoms with Gasteiger partial charge in [0.2, 0.25) is 0 Å². The Bertz CT molecular complexity index is 629. The Balaban J connectivity index is 0.00000121. The van der Waals surface area contributed by atoms with Crippen LogP contribution in [0.15, 0.2) is 91.0 Å². The van der Waals surface area contributed by atoms with Crippen LogP contribution < -0.4 is 34.8 Å². The third-order valence-corrected chi connectivity index (χ3v) is 6.44. The zero-order valence-corrected chi connectivity index (χ0v) is 12.9. The van der Waals surface area contributed by atoms with Gasteiger partial charge in [0.15, 0.2) is 7.14 Å². The molecular formula is C18H16LiOP. The normalized spacial score (nSPS) is 10.7. The van der Waals surface area contributed by atoms with Gasteiger partial charge in [0.1, 0.15) is 0 Å². The van der Waals surface area contributed by atoms with Crippen molar-refractivity contribution in [2.75, 3.05) is 0 Å². The number of hydrogen-bond donors (Lipinski definition) is 0. The van der Waals surface area contributed by atoms with Gasteiger partial charge >= 0.3 is 18.9 Å². The predicted octanol–water partition coefficient (Wildman–Crippen LogP) is 0.442. The van der Waals surface area contributed by atoms with Crippen molar-refractivity contribution in [1.29, 1.82) is 0 Å². The van der Waals surface area contributed by atoms with Gasteiger partial charge in [0.05, 0.1) is 0 Å². The zero-order valence-electron chi connectivity index (χ0n) is 13.0. The SMILES string of the molecule is O=P(c1ccccc1)(c1ccccc1)c1ccccc1.[H-].[Li+]. The molecule has 0 aliphatic carbocycles. The molecule has 100 valence electrons. The maximum atomic E-state index is 13.8. The van der Waals surface area contributed by atoms with E-state index < -0.39 is 7.14 Å². The molecule has 0 atom stereocenters. The summed E-state index contributed by atoms with van der Waals surface area (Å²) in [7, 11) is -2.78. The molecule has 3 rings (SSSR count). The molecule has 3 heteroatoms. The first-order chi connectivity index (χ1) is 9.82. The Kier molecular flexibility index (Phi) is 5.26. The van der Waals surface area contributed by atoms with Crippen molar-refractivity contribution < 1.29 is 24.9 Å². The summed E-state index contributed by atoms with van der Waals surface area (Å²) in [6.45, 7) is 0. The van der Waals surface area contributed by atoms with E-state index in [9.17, 15) is 4.57 Å². The fourth-order valence-corrected chi connectivity index (χ4v) is 5.03. The minimum Gasteiger partial charge on any atom is -1.00 e. The first-order valence-corrected chi connectivity index (χ1v) is 8.29. The van der Waals surface area contributed by atoms with Crippen LogP contribution in [0.3, 0.4) is 0 Å². The molecule has 21 heavy (non-hydrogen) atoms. The van der Waals surface area contributed by atoms with Crippen LogP contribution in [0.2, 0.25) is 0 Å². The first-order valence-electron chi connectivity index (χ1n) is 6.59. The largest absolute Gasteiger partial charge is 1.00 e. The van der Waals surface area contributed by atoms with Crippen molar-refractivity contribution >= 4 is 23.1 Å². The molecular weight excluding hydrogens is 270 g/mol. The van der Waals surface area contributed by atoms with Gasteiger partial charge < -0.3 is 5.99 Å². The number of benzene rings is 3. The van der Waals surface area contributed by atoms with Crippen LogP contribution in [0.5, 0.6) is 0 Å². The Labute approximate surface area is 139 Å². The summed E-state index contributed by atoms with van der Waals surface area (Å²) in [4.78, 5) is 0. The molecule has 0 unspecified atom stereocenters. The van der Waals surface area contributed by atoms with E-state index in [1.54, 1.807) is 0 Å². The van der Waals surface area contributed by atoms with Crippen LogP contribution in [-0.2, 0) is 4.57 Å². The maximum Gasteiger partial charge on any atom is 1.00 e. The Morgan fingerprint density at radius 2 is 0.762 bits per heavy atom. The minimum atomic E-state index is -2.78. The predicted molar refractivity (Wildman–Crippen MR) is 86.9 cm³/mol. The molecule has 0 heterocycles. The molecule has 0 aliphatic rings. The van der Waals surface area contributed by atoms with E-state index in [0.717, 1.165) is 15.9 Å². The molecule has 3 aromatic carbocycles. The average Bonchev–Trinajstić information content (AvgIpc) is 2.56. The van der Waals surface area contributed by atoms with Crippen molar-refractivity contribution in [2.24, 2.45) is 0 Å². The Hall–Kier alpha value is -1.51. The monoisotopic (exact) mass is 286 g/mol. The van der Waals surface area contributed by atoms with Gasteiger partial charge in [-0.1, -0.05) is 91.0 Å². The van der Waals surface area contributed by atoms with Gasteiger partial charge in [-0.2, -0.15) is 0 Å². The molecule has 0 radical (unpaired) electrons. The fraction of sp³-hybridized carbons (Fsp3) is 0. The summed E-state index contributed by atoms with van der Waals surface area (Å²) < 4.78 is 13.8. The van der Waals surface area contributed by atoms with Crippen LogP contribution in [-0.4, -0.2) is 0 Å². The van der Waals surface area contributed by atoms with E-state index in [1.165, 1.54) is 0 Å². The van der Waals surface area contributed by atoms with E-state index >= 15 is 0 Å². The molecule has 0 fully saturated rings. The average molecular weight is 286 g/mol. The number of hydrogen-bond acceptors (Lipinski definition) is 1. The van der Waals surface area contributed by atoms with E-state index in [1.807, 2.05) is 91.0 Å². The second-order valence-corrected chi connectivity index (χ2v) is 7.38. The second-order valence-electron chi connectivity index (χ2n) is 4.62. The molecule has 0 saturated carbocycles. The van der Waals surface area contributed by atoms with Gasteiger partial charge in [-0.25, -0.2) is 0 Å². The molecule has 0 saturated heterocycles. The summed E-state index contributed by atoms with van der Waals surface area (Å²) in [6.07, 6.45) is 0. The van der Waals surface area contributed by atoms with Crippen molar-refractivity contribution in [3.63, 3.8) is 0 Å². The van der Waals surface area contributed by atoms with Gasteiger partial charge in [-0.3, -0.25) is 0 Å². The molecule has 0 N–H and O–H groups in total. The van der Waals surface area contributed by atoms with Gasteiger partial charge in [0.25, 0.3) is 0 Å². The van der Waals surface area contributed by atoms with Crippen LogP contribution >= 0.6 is 7.14 Å². The summed E-state index contributed by atoms with van der Waals surface area (Å²) in [5.74, 6) is 0. The first kappa shape index (κ1) is 15.9. The van der Waals surface area contributed by atoms with E-state index in [-0.39, 0.29) is 20.3 Å². The quantitative estimate of drug-likeness (QED) is 0.504. The van der Waals surface area contributed by atoms with E-state index in [4.69, 9.17) is 0 Å². The Morgan fingerprint density at radius 3 is 1.00 bits per heavy atom. The van der Waals surface area contributed by atoms with Crippen LogP contribution in [0.25, 0.3) is 0 Å². The van der Waals surface area contributed by atoms with E-state index in [0.29, 0.717) is 0 Å². The second kappa shape index (κ2) is 6.97. The van der Waals surface area contributed by atoms with Gasteiger partial charge in [-0.05, 0) is 0 Å². The standard InChI is InChI=1S/C18H15OP.Li.H/c19-20(16-10-4-1-5-11-16,17-12-6-2-7-13-17)18-14-8-3-9-15-18;;/h1-15H;;/q;+1;-1. The third kappa shape index (κ3) is 3.07. The maximum absolute atomic E-state index is 13.8. The minimum absolute atomic E-state index is 0. The molecule has 1 nitrogen and oxygen atoms in total. The van der Waals surface area contributed by atoms with Crippen molar-refractivity contribution in [3.05, 3.63) is 91.0 Å². The molecule has 0 bridgehead atoms. The molecule has 0 amide bonds. The molecule has 0 spiro atoms. The summed E-state index contributed by atoms with van der Waals surface area (Å²) >= 11 is 0. The smallest absolute Gasteiger partial charge is 1.00 e. The zero-order chi connectivity index (χ0) is 13.8. The molecule has 0 aromatic heterocycles. The fourth-order valence-electron chi connectivity index (χ4n) is 2.36. The third-order valence-electron chi connectivity index (χ3n) is 3.36. The number of rotatable bonds is 3. The van der Waals surface area contributed by atoms with Gasteiger partial charge in [0, 0.05) is 15.9 Å².